The maximum absolute atomic E-state index is 8.85. The normalized spacial score (nSPS) is 18.8. The molecule has 0 atom stereocenters. The Bertz CT molecular complexity index is 460. The minimum atomic E-state index is 0.360. The molecule has 2 nitrogen and oxygen atoms in total. The highest BCUT2D eigenvalue weighted by Gasteiger charge is 2.26. The first-order valence-corrected chi connectivity index (χ1v) is 6.34. The molecule has 0 aromatic heterocycles. The summed E-state index contributed by atoms with van der Waals surface area (Å²) in [5.41, 5.74) is 2.03. The fraction of sp³-hybridized carbons (Fsp3) is 0.500. The molecule has 1 saturated heterocycles. The SMILES string of the molecule is CC1(C)CCCN(c2ccc(C#N)c(Cl)c2)C1. The lowest BCUT2D eigenvalue weighted by Gasteiger charge is -2.39. The minimum absolute atomic E-state index is 0.360. The largest absolute Gasteiger partial charge is 0.371 e. The van der Waals surface area contributed by atoms with Crippen LogP contribution in [0, 0.1) is 16.7 Å². The van der Waals surface area contributed by atoms with Crippen molar-refractivity contribution in [3.63, 3.8) is 0 Å². The third kappa shape index (κ3) is 2.73. The maximum atomic E-state index is 8.85. The Labute approximate surface area is 108 Å². The fourth-order valence-corrected chi connectivity index (χ4v) is 2.65. The first kappa shape index (κ1) is 12.3. The molecule has 0 bridgehead atoms. The number of hydrogen-bond donors (Lipinski definition) is 0. The van der Waals surface area contributed by atoms with Crippen molar-refractivity contribution in [3.05, 3.63) is 28.8 Å². The van der Waals surface area contributed by atoms with E-state index in [1.165, 1.54) is 12.8 Å². The van der Waals surface area contributed by atoms with Crippen LogP contribution >= 0.6 is 11.6 Å². The average Bonchev–Trinajstić information content (AvgIpc) is 2.27. The van der Waals surface area contributed by atoms with E-state index >= 15 is 0 Å². The van der Waals surface area contributed by atoms with Gasteiger partial charge in [0.1, 0.15) is 6.07 Å². The summed E-state index contributed by atoms with van der Waals surface area (Å²) in [6.45, 7) is 6.72. The van der Waals surface area contributed by atoms with Crippen molar-refractivity contribution in [2.45, 2.75) is 26.7 Å². The molecule has 0 N–H and O–H groups in total. The molecule has 0 radical (unpaired) electrons. The Morgan fingerprint density at radius 1 is 1.41 bits per heavy atom. The summed E-state index contributed by atoms with van der Waals surface area (Å²) >= 11 is 6.07. The number of rotatable bonds is 1. The zero-order valence-corrected chi connectivity index (χ0v) is 11.1. The van der Waals surface area contributed by atoms with Crippen LogP contribution in [0.15, 0.2) is 18.2 Å². The molecule has 0 aliphatic carbocycles. The van der Waals surface area contributed by atoms with E-state index in [1.54, 1.807) is 6.07 Å². The van der Waals surface area contributed by atoms with Crippen LogP contribution in [-0.2, 0) is 0 Å². The molecule has 2 rings (SSSR count). The molecule has 0 amide bonds. The maximum Gasteiger partial charge on any atom is 0.101 e. The molecule has 0 unspecified atom stereocenters. The van der Waals surface area contributed by atoms with Gasteiger partial charge in [-0.05, 0) is 36.5 Å². The van der Waals surface area contributed by atoms with E-state index in [2.05, 4.69) is 24.8 Å². The smallest absolute Gasteiger partial charge is 0.101 e. The van der Waals surface area contributed by atoms with Crippen LogP contribution in [0.4, 0.5) is 5.69 Å². The quantitative estimate of drug-likeness (QED) is 0.755. The number of halogens is 1. The fourth-order valence-electron chi connectivity index (χ4n) is 2.44. The van der Waals surface area contributed by atoms with Crippen molar-refractivity contribution in [1.29, 1.82) is 5.26 Å². The summed E-state index contributed by atoms with van der Waals surface area (Å²) in [6.07, 6.45) is 2.48. The first-order valence-electron chi connectivity index (χ1n) is 5.96. The Balaban J connectivity index is 2.23. The highest BCUT2D eigenvalue weighted by molar-refractivity contribution is 6.32. The molecular weight excluding hydrogens is 232 g/mol. The van der Waals surface area contributed by atoms with Crippen LogP contribution in [-0.4, -0.2) is 13.1 Å². The topological polar surface area (TPSA) is 27.0 Å². The lowest BCUT2D eigenvalue weighted by molar-refractivity contribution is 0.293. The summed E-state index contributed by atoms with van der Waals surface area (Å²) in [5.74, 6) is 0. The monoisotopic (exact) mass is 248 g/mol. The summed E-state index contributed by atoms with van der Waals surface area (Å²) in [7, 11) is 0. The number of piperidine rings is 1. The number of anilines is 1. The molecule has 3 heteroatoms. The van der Waals surface area contributed by atoms with Crippen molar-refractivity contribution in [1.82, 2.24) is 0 Å². The number of benzene rings is 1. The van der Waals surface area contributed by atoms with Gasteiger partial charge in [0, 0.05) is 18.8 Å². The van der Waals surface area contributed by atoms with Crippen molar-refractivity contribution in [2.75, 3.05) is 18.0 Å². The van der Waals surface area contributed by atoms with E-state index in [0.717, 1.165) is 18.8 Å². The van der Waals surface area contributed by atoms with Gasteiger partial charge < -0.3 is 4.90 Å². The highest BCUT2D eigenvalue weighted by atomic mass is 35.5. The minimum Gasteiger partial charge on any atom is -0.371 e. The predicted molar refractivity (Wildman–Crippen MR) is 71.4 cm³/mol. The Morgan fingerprint density at radius 3 is 2.76 bits per heavy atom. The van der Waals surface area contributed by atoms with Gasteiger partial charge >= 0.3 is 0 Å². The molecule has 1 fully saturated rings. The lowest BCUT2D eigenvalue weighted by Crippen LogP contribution is -2.40. The molecule has 1 aliphatic heterocycles. The Hall–Kier alpha value is -1.20. The van der Waals surface area contributed by atoms with Crippen LogP contribution in [0.1, 0.15) is 32.3 Å². The standard InChI is InChI=1S/C14H17ClN2/c1-14(2)6-3-7-17(10-14)12-5-4-11(9-16)13(15)8-12/h4-5,8H,3,6-7,10H2,1-2H3. The zero-order valence-electron chi connectivity index (χ0n) is 10.3. The van der Waals surface area contributed by atoms with E-state index in [9.17, 15) is 0 Å². The Kier molecular flexibility index (Phi) is 3.31. The second kappa shape index (κ2) is 4.58. The first-order chi connectivity index (χ1) is 8.02. The van der Waals surface area contributed by atoms with Gasteiger partial charge in [-0.25, -0.2) is 0 Å². The summed E-state index contributed by atoms with van der Waals surface area (Å²) < 4.78 is 0. The van der Waals surface area contributed by atoms with E-state index in [1.807, 2.05) is 12.1 Å². The Morgan fingerprint density at radius 2 is 2.18 bits per heavy atom. The van der Waals surface area contributed by atoms with Gasteiger partial charge in [0.2, 0.25) is 0 Å². The third-order valence-corrected chi connectivity index (χ3v) is 3.65. The molecule has 0 spiro atoms. The summed E-state index contributed by atoms with van der Waals surface area (Å²) in [5, 5.41) is 9.40. The van der Waals surface area contributed by atoms with E-state index < -0.39 is 0 Å². The van der Waals surface area contributed by atoms with Crippen LogP contribution in [0.5, 0.6) is 0 Å². The van der Waals surface area contributed by atoms with Gasteiger partial charge in [0.25, 0.3) is 0 Å². The van der Waals surface area contributed by atoms with Crippen LogP contribution in [0.2, 0.25) is 5.02 Å². The van der Waals surface area contributed by atoms with E-state index in [4.69, 9.17) is 16.9 Å². The molecule has 0 saturated carbocycles. The highest BCUT2D eigenvalue weighted by Crippen LogP contribution is 2.32. The van der Waals surface area contributed by atoms with Crippen LogP contribution < -0.4 is 4.90 Å². The number of nitriles is 1. The van der Waals surface area contributed by atoms with Gasteiger partial charge in [-0.15, -0.1) is 0 Å². The second-order valence-corrected chi connectivity index (χ2v) is 5.87. The van der Waals surface area contributed by atoms with Crippen molar-refractivity contribution in [2.24, 2.45) is 5.41 Å². The molecule has 1 heterocycles. The number of nitrogens with zero attached hydrogens (tertiary/aromatic N) is 2. The summed E-state index contributed by atoms with van der Waals surface area (Å²) in [4.78, 5) is 2.36. The molecule has 1 aromatic rings. The van der Waals surface area contributed by atoms with Gasteiger partial charge in [0.05, 0.1) is 10.6 Å². The molecule has 1 aromatic carbocycles. The van der Waals surface area contributed by atoms with Gasteiger partial charge in [-0.1, -0.05) is 25.4 Å². The van der Waals surface area contributed by atoms with Gasteiger partial charge in [-0.2, -0.15) is 5.26 Å². The van der Waals surface area contributed by atoms with Gasteiger partial charge in [0.15, 0.2) is 0 Å². The molecule has 90 valence electrons. The van der Waals surface area contributed by atoms with Crippen molar-refractivity contribution in [3.8, 4) is 6.07 Å². The molecule has 17 heavy (non-hydrogen) atoms. The van der Waals surface area contributed by atoms with Crippen molar-refractivity contribution < 1.29 is 0 Å². The second-order valence-electron chi connectivity index (χ2n) is 5.47. The van der Waals surface area contributed by atoms with Crippen molar-refractivity contribution >= 4 is 17.3 Å². The molecular formula is C14H17ClN2. The van der Waals surface area contributed by atoms with Crippen LogP contribution in [0.25, 0.3) is 0 Å². The lowest BCUT2D eigenvalue weighted by atomic mass is 9.84. The zero-order chi connectivity index (χ0) is 12.5. The predicted octanol–water partition coefficient (Wildman–Crippen LogP) is 3.84. The number of hydrogen-bond acceptors (Lipinski definition) is 2. The van der Waals surface area contributed by atoms with E-state index in [0.29, 0.717) is 16.0 Å². The summed E-state index contributed by atoms with van der Waals surface area (Å²) in [6, 6.07) is 7.79. The average molecular weight is 249 g/mol. The third-order valence-electron chi connectivity index (χ3n) is 3.34. The van der Waals surface area contributed by atoms with E-state index in [-0.39, 0.29) is 0 Å². The van der Waals surface area contributed by atoms with Crippen LogP contribution in [0.3, 0.4) is 0 Å². The van der Waals surface area contributed by atoms with Gasteiger partial charge in [-0.3, -0.25) is 0 Å². The molecule has 1 aliphatic rings.